The molecular formula is C13H26N2O3. The molecule has 0 heterocycles. The molecule has 5 heteroatoms. The quantitative estimate of drug-likeness (QED) is 0.658. The predicted molar refractivity (Wildman–Crippen MR) is 70.3 cm³/mol. The van der Waals surface area contributed by atoms with E-state index < -0.39 is 5.54 Å². The highest BCUT2D eigenvalue weighted by molar-refractivity contribution is 5.86. The van der Waals surface area contributed by atoms with Gasteiger partial charge in [-0.15, -0.1) is 0 Å². The van der Waals surface area contributed by atoms with E-state index in [4.69, 9.17) is 15.2 Å². The molecule has 1 aliphatic rings. The highest BCUT2D eigenvalue weighted by atomic mass is 16.5. The number of carbonyl (C=O) groups is 1. The zero-order chi connectivity index (χ0) is 13.4. The van der Waals surface area contributed by atoms with Crippen LogP contribution in [0.2, 0.25) is 0 Å². The molecule has 18 heavy (non-hydrogen) atoms. The molecule has 2 atom stereocenters. The van der Waals surface area contributed by atoms with Crippen molar-refractivity contribution in [3.8, 4) is 0 Å². The van der Waals surface area contributed by atoms with Crippen LogP contribution in [0.4, 0.5) is 0 Å². The molecule has 0 saturated heterocycles. The second-order valence-corrected chi connectivity index (χ2v) is 5.22. The number of hydrogen-bond acceptors (Lipinski definition) is 4. The number of amides is 1. The Morgan fingerprint density at radius 1 is 1.44 bits per heavy atom. The van der Waals surface area contributed by atoms with Gasteiger partial charge in [-0.05, 0) is 18.8 Å². The van der Waals surface area contributed by atoms with Gasteiger partial charge in [0.15, 0.2) is 0 Å². The molecule has 1 aliphatic carbocycles. The number of methoxy groups -OCH3 is 1. The molecule has 1 saturated carbocycles. The lowest BCUT2D eigenvalue weighted by molar-refractivity contribution is -0.128. The summed E-state index contributed by atoms with van der Waals surface area (Å²) in [5.41, 5.74) is 5.51. The molecule has 0 aromatic heterocycles. The van der Waals surface area contributed by atoms with Crippen LogP contribution in [0.15, 0.2) is 0 Å². The van der Waals surface area contributed by atoms with Crippen LogP contribution in [0, 0.1) is 5.92 Å². The first-order valence-electron chi connectivity index (χ1n) is 6.72. The Morgan fingerprint density at radius 3 is 2.89 bits per heavy atom. The Morgan fingerprint density at radius 2 is 2.22 bits per heavy atom. The average molecular weight is 258 g/mol. The molecule has 0 aliphatic heterocycles. The third-order valence-corrected chi connectivity index (χ3v) is 3.45. The lowest BCUT2D eigenvalue weighted by Gasteiger charge is -2.35. The molecule has 3 N–H and O–H groups in total. The topological polar surface area (TPSA) is 73.6 Å². The number of carbonyl (C=O) groups excluding carboxylic acids is 1. The summed E-state index contributed by atoms with van der Waals surface area (Å²) in [6, 6.07) is 0. The Hall–Kier alpha value is -0.650. The van der Waals surface area contributed by atoms with Crippen molar-refractivity contribution in [3.05, 3.63) is 0 Å². The summed E-state index contributed by atoms with van der Waals surface area (Å²) >= 11 is 0. The Kier molecular flexibility index (Phi) is 6.60. The molecule has 0 aromatic rings. The fraction of sp³-hybridized carbons (Fsp3) is 0.923. The molecule has 1 rings (SSSR count). The fourth-order valence-corrected chi connectivity index (χ4v) is 2.46. The maximum Gasteiger partial charge on any atom is 0.240 e. The van der Waals surface area contributed by atoms with E-state index in [1.54, 1.807) is 7.11 Å². The highest BCUT2D eigenvalue weighted by Crippen LogP contribution is 2.30. The van der Waals surface area contributed by atoms with Crippen molar-refractivity contribution >= 4 is 5.91 Å². The Labute approximate surface area is 109 Å². The third-order valence-electron chi connectivity index (χ3n) is 3.45. The van der Waals surface area contributed by atoms with Crippen LogP contribution >= 0.6 is 0 Å². The van der Waals surface area contributed by atoms with Crippen molar-refractivity contribution in [3.63, 3.8) is 0 Å². The molecule has 5 nitrogen and oxygen atoms in total. The molecule has 2 unspecified atom stereocenters. The summed E-state index contributed by atoms with van der Waals surface area (Å²) < 4.78 is 10.1. The van der Waals surface area contributed by atoms with Gasteiger partial charge in [0.2, 0.25) is 5.91 Å². The number of rotatable bonds is 7. The average Bonchev–Trinajstić information content (AvgIpc) is 2.33. The lowest BCUT2D eigenvalue weighted by Crippen LogP contribution is -2.56. The van der Waals surface area contributed by atoms with Crippen LogP contribution in [0.5, 0.6) is 0 Å². The smallest absolute Gasteiger partial charge is 0.240 e. The summed E-state index contributed by atoms with van der Waals surface area (Å²) in [7, 11) is 1.63. The van der Waals surface area contributed by atoms with Gasteiger partial charge < -0.3 is 20.5 Å². The molecule has 0 bridgehead atoms. The Bertz CT molecular complexity index is 261. The number of nitrogens with two attached hydrogens (primary N) is 1. The van der Waals surface area contributed by atoms with Gasteiger partial charge in [-0.25, -0.2) is 0 Å². The van der Waals surface area contributed by atoms with Crippen molar-refractivity contribution < 1.29 is 14.3 Å². The molecule has 1 fully saturated rings. The summed E-state index contributed by atoms with van der Waals surface area (Å²) in [5.74, 6) is 0.497. The van der Waals surface area contributed by atoms with Crippen LogP contribution in [0.3, 0.4) is 0 Å². The van der Waals surface area contributed by atoms with E-state index >= 15 is 0 Å². The SMILES string of the molecule is COCCOCCNC(=O)C1(N)CCCC(C)C1. The van der Waals surface area contributed by atoms with Crippen molar-refractivity contribution in [2.75, 3.05) is 33.5 Å². The minimum absolute atomic E-state index is 0.0376. The normalized spacial score (nSPS) is 28.1. The lowest BCUT2D eigenvalue weighted by atomic mass is 9.76. The summed E-state index contributed by atoms with van der Waals surface area (Å²) in [6.45, 7) is 4.29. The van der Waals surface area contributed by atoms with Gasteiger partial charge in [-0.3, -0.25) is 4.79 Å². The first-order chi connectivity index (χ1) is 8.58. The molecular weight excluding hydrogens is 232 g/mol. The van der Waals surface area contributed by atoms with Crippen molar-refractivity contribution in [1.82, 2.24) is 5.32 Å². The van der Waals surface area contributed by atoms with Crippen LogP contribution in [0.1, 0.15) is 32.6 Å². The van der Waals surface area contributed by atoms with Crippen LogP contribution in [-0.2, 0) is 14.3 Å². The zero-order valence-electron chi connectivity index (χ0n) is 11.5. The fourth-order valence-electron chi connectivity index (χ4n) is 2.46. The van der Waals surface area contributed by atoms with Crippen molar-refractivity contribution in [1.29, 1.82) is 0 Å². The zero-order valence-corrected chi connectivity index (χ0v) is 11.5. The van der Waals surface area contributed by atoms with E-state index in [0.717, 1.165) is 19.3 Å². The Balaban J connectivity index is 2.19. The second kappa shape index (κ2) is 7.71. The summed E-state index contributed by atoms with van der Waals surface area (Å²) in [6.07, 6.45) is 3.78. The largest absolute Gasteiger partial charge is 0.382 e. The van der Waals surface area contributed by atoms with E-state index in [-0.39, 0.29) is 5.91 Å². The standard InChI is InChI=1S/C13H26N2O3/c1-11-4-3-5-13(14,10-11)12(16)15-6-7-18-9-8-17-2/h11H,3-10,14H2,1-2H3,(H,15,16). The molecule has 1 amide bonds. The number of hydrogen-bond donors (Lipinski definition) is 2. The van der Waals surface area contributed by atoms with E-state index in [1.807, 2.05) is 0 Å². The van der Waals surface area contributed by atoms with Gasteiger partial charge in [0.05, 0.1) is 25.4 Å². The summed E-state index contributed by atoms with van der Waals surface area (Å²) in [4.78, 5) is 12.0. The van der Waals surface area contributed by atoms with Gasteiger partial charge >= 0.3 is 0 Å². The van der Waals surface area contributed by atoms with Crippen LogP contribution in [0.25, 0.3) is 0 Å². The molecule has 0 radical (unpaired) electrons. The molecule has 0 aromatic carbocycles. The van der Waals surface area contributed by atoms with Gasteiger partial charge in [-0.2, -0.15) is 0 Å². The number of ether oxygens (including phenoxy) is 2. The van der Waals surface area contributed by atoms with Gasteiger partial charge in [0.25, 0.3) is 0 Å². The van der Waals surface area contributed by atoms with E-state index in [9.17, 15) is 4.79 Å². The third kappa shape index (κ3) is 4.92. The first-order valence-corrected chi connectivity index (χ1v) is 6.72. The minimum atomic E-state index is -0.676. The maximum absolute atomic E-state index is 12.0. The molecule has 0 spiro atoms. The summed E-state index contributed by atoms with van der Waals surface area (Å²) in [5, 5.41) is 2.86. The first kappa shape index (κ1) is 15.4. The predicted octanol–water partition coefficient (Wildman–Crippen LogP) is 0.673. The van der Waals surface area contributed by atoms with Gasteiger partial charge in [0.1, 0.15) is 0 Å². The number of nitrogens with one attached hydrogen (secondary N) is 1. The van der Waals surface area contributed by atoms with E-state index in [2.05, 4.69) is 12.2 Å². The van der Waals surface area contributed by atoms with Crippen molar-refractivity contribution in [2.45, 2.75) is 38.1 Å². The van der Waals surface area contributed by atoms with Crippen molar-refractivity contribution in [2.24, 2.45) is 11.7 Å². The monoisotopic (exact) mass is 258 g/mol. The maximum atomic E-state index is 12.0. The minimum Gasteiger partial charge on any atom is -0.382 e. The highest BCUT2D eigenvalue weighted by Gasteiger charge is 2.37. The van der Waals surface area contributed by atoms with E-state index in [0.29, 0.717) is 32.3 Å². The van der Waals surface area contributed by atoms with Gasteiger partial charge in [0, 0.05) is 13.7 Å². The van der Waals surface area contributed by atoms with Crippen LogP contribution in [-0.4, -0.2) is 44.9 Å². The van der Waals surface area contributed by atoms with Crippen LogP contribution < -0.4 is 11.1 Å². The van der Waals surface area contributed by atoms with Gasteiger partial charge in [-0.1, -0.05) is 19.8 Å². The molecule has 106 valence electrons. The van der Waals surface area contributed by atoms with E-state index in [1.165, 1.54) is 6.42 Å². The second-order valence-electron chi connectivity index (χ2n) is 5.22.